The third-order valence-corrected chi connectivity index (χ3v) is 2.43. The second-order valence-corrected chi connectivity index (χ2v) is 5.57. The molecule has 0 aliphatic carbocycles. The molecular formula is C13H19ClO2. The van der Waals surface area contributed by atoms with Crippen LogP contribution in [-0.2, 0) is 0 Å². The predicted molar refractivity (Wildman–Crippen MR) is 67.0 cm³/mol. The van der Waals surface area contributed by atoms with E-state index in [1.807, 2.05) is 12.1 Å². The maximum absolute atomic E-state index is 9.77. The van der Waals surface area contributed by atoms with E-state index in [1.165, 1.54) is 0 Å². The number of aliphatic hydroxyl groups excluding tert-OH is 1. The van der Waals surface area contributed by atoms with Crippen molar-refractivity contribution in [2.45, 2.75) is 33.3 Å². The van der Waals surface area contributed by atoms with Crippen LogP contribution in [0.3, 0.4) is 0 Å². The summed E-state index contributed by atoms with van der Waals surface area (Å²) < 4.78 is 5.46. The standard InChI is InChI=1S/C13H19ClO2/c1-13(2,3)8-10(15)9-16-12-7-5-4-6-11(12)14/h4-7,10,15H,8-9H2,1-3H3. The second-order valence-electron chi connectivity index (χ2n) is 5.16. The van der Waals surface area contributed by atoms with Gasteiger partial charge in [-0.3, -0.25) is 0 Å². The Kier molecular flexibility index (Phi) is 4.63. The Morgan fingerprint density at radius 1 is 1.31 bits per heavy atom. The topological polar surface area (TPSA) is 29.5 Å². The molecule has 0 saturated carbocycles. The van der Waals surface area contributed by atoms with Crippen LogP contribution in [0.15, 0.2) is 24.3 Å². The molecule has 0 amide bonds. The molecule has 90 valence electrons. The molecule has 0 radical (unpaired) electrons. The molecule has 16 heavy (non-hydrogen) atoms. The van der Waals surface area contributed by atoms with Crippen LogP contribution >= 0.6 is 11.6 Å². The first kappa shape index (κ1) is 13.3. The average molecular weight is 243 g/mol. The third-order valence-electron chi connectivity index (χ3n) is 2.12. The molecule has 0 aliphatic heterocycles. The number of benzene rings is 1. The van der Waals surface area contributed by atoms with E-state index in [1.54, 1.807) is 12.1 Å². The molecule has 0 heterocycles. The lowest BCUT2D eigenvalue weighted by Crippen LogP contribution is -2.23. The fraction of sp³-hybridized carbons (Fsp3) is 0.538. The van der Waals surface area contributed by atoms with Crippen molar-refractivity contribution in [2.75, 3.05) is 6.61 Å². The number of aliphatic hydroxyl groups is 1. The van der Waals surface area contributed by atoms with Crippen LogP contribution < -0.4 is 4.74 Å². The minimum atomic E-state index is -0.462. The van der Waals surface area contributed by atoms with Crippen LogP contribution in [0, 0.1) is 5.41 Å². The molecule has 1 aromatic carbocycles. The highest BCUT2D eigenvalue weighted by Gasteiger charge is 2.17. The van der Waals surface area contributed by atoms with Crippen LogP contribution in [0.25, 0.3) is 0 Å². The quantitative estimate of drug-likeness (QED) is 0.876. The van der Waals surface area contributed by atoms with Crippen molar-refractivity contribution in [3.8, 4) is 5.75 Å². The Bertz CT molecular complexity index is 331. The normalized spacial score (nSPS) is 13.6. The first-order valence-electron chi connectivity index (χ1n) is 5.44. The van der Waals surface area contributed by atoms with Crippen molar-refractivity contribution in [1.29, 1.82) is 0 Å². The molecule has 1 rings (SSSR count). The summed E-state index contributed by atoms with van der Waals surface area (Å²) in [5.74, 6) is 0.622. The number of hydrogen-bond donors (Lipinski definition) is 1. The third kappa shape index (κ3) is 4.86. The Balaban J connectivity index is 2.43. The van der Waals surface area contributed by atoms with E-state index in [-0.39, 0.29) is 12.0 Å². The van der Waals surface area contributed by atoms with Crippen LogP contribution in [0.4, 0.5) is 0 Å². The van der Waals surface area contributed by atoms with Crippen molar-refractivity contribution in [3.05, 3.63) is 29.3 Å². The van der Waals surface area contributed by atoms with E-state index in [0.29, 0.717) is 17.2 Å². The van der Waals surface area contributed by atoms with Gasteiger partial charge in [-0.05, 0) is 24.0 Å². The SMILES string of the molecule is CC(C)(C)CC(O)COc1ccccc1Cl. The minimum absolute atomic E-state index is 0.100. The van der Waals surface area contributed by atoms with E-state index in [2.05, 4.69) is 20.8 Å². The van der Waals surface area contributed by atoms with Gasteiger partial charge in [0.05, 0.1) is 11.1 Å². The molecular weight excluding hydrogens is 224 g/mol. The van der Waals surface area contributed by atoms with E-state index in [4.69, 9.17) is 16.3 Å². The van der Waals surface area contributed by atoms with Gasteiger partial charge in [0.25, 0.3) is 0 Å². The van der Waals surface area contributed by atoms with Gasteiger partial charge in [-0.25, -0.2) is 0 Å². The maximum Gasteiger partial charge on any atom is 0.138 e. The van der Waals surface area contributed by atoms with Crippen molar-refractivity contribution >= 4 is 11.6 Å². The number of rotatable bonds is 4. The van der Waals surface area contributed by atoms with Crippen LogP contribution in [0.2, 0.25) is 5.02 Å². The number of para-hydroxylation sites is 1. The molecule has 1 unspecified atom stereocenters. The summed E-state index contributed by atoms with van der Waals surface area (Å²) in [6.45, 7) is 6.55. The van der Waals surface area contributed by atoms with Gasteiger partial charge >= 0.3 is 0 Å². The largest absolute Gasteiger partial charge is 0.489 e. The molecule has 0 aliphatic rings. The molecule has 0 spiro atoms. The molecule has 1 atom stereocenters. The minimum Gasteiger partial charge on any atom is -0.489 e. The lowest BCUT2D eigenvalue weighted by molar-refractivity contribution is 0.0711. The Hall–Kier alpha value is -0.730. The van der Waals surface area contributed by atoms with Gasteiger partial charge in [-0.1, -0.05) is 44.5 Å². The Morgan fingerprint density at radius 2 is 1.94 bits per heavy atom. The smallest absolute Gasteiger partial charge is 0.138 e. The summed E-state index contributed by atoms with van der Waals surface area (Å²) in [6, 6.07) is 7.28. The Labute approximate surface area is 102 Å². The molecule has 2 nitrogen and oxygen atoms in total. The molecule has 1 N–H and O–H groups in total. The molecule has 0 bridgehead atoms. The molecule has 3 heteroatoms. The van der Waals surface area contributed by atoms with Gasteiger partial charge < -0.3 is 9.84 Å². The van der Waals surface area contributed by atoms with Crippen molar-refractivity contribution in [1.82, 2.24) is 0 Å². The van der Waals surface area contributed by atoms with Crippen molar-refractivity contribution in [2.24, 2.45) is 5.41 Å². The molecule has 0 saturated heterocycles. The van der Waals surface area contributed by atoms with Crippen molar-refractivity contribution in [3.63, 3.8) is 0 Å². The van der Waals surface area contributed by atoms with Gasteiger partial charge in [0.2, 0.25) is 0 Å². The van der Waals surface area contributed by atoms with E-state index in [0.717, 1.165) is 0 Å². The molecule has 1 aromatic rings. The fourth-order valence-corrected chi connectivity index (χ4v) is 1.70. The number of hydrogen-bond acceptors (Lipinski definition) is 2. The predicted octanol–water partition coefficient (Wildman–Crippen LogP) is 3.52. The first-order valence-corrected chi connectivity index (χ1v) is 5.82. The van der Waals surface area contributed by atoms with Crippen molar-refractivity contribution < 1.29 is 9.84 Å². The second kappa shape index (κ2) is 5.55. The van der Waals surface area contributed by atoms with Gasteiger partial charge in [0, 0.05) is 0 Å². The lowest BCUT2D eigenvalue weighted by atomic mass is 9.89. The van der Waals surface area contributed by atoms with Crippen LogP contribution in [-0.4, -0.2) is 17.8 Å². The zero-order valence-electron chi connectivity index (χ0n) is 10.0. The first-order chi connectivity index (χ1) is 7.38. The monoisotopic (exact) mass is 242 g/mol. The maximum atomic E-state index is 9.77. The summed E-state index contributed by atoms with van der Waals surface area (Å²) in [5.41, 5.74) is 0.100. The lowest BCUT2D eigenvalue weighted by Gasteiger charge is -2.22. The number of ether oxygens (including phenoxy) is 1. The highest BCUT2D eigenvalue weighted by molar-refractivity contribution is 6.32. The van der Waals surface area contributed by atoms with Crippen LogP contribution in [0.1, 0.15) is 27.2 Å². The van der Waals surface area contributed by atoms with E-state index < -0.39 is 6.10 Å². The molecule has 0 fully saturated rings. The summed E-state index contributed by atoms with van der Waals surface area (Å²) in [6.07, 6.45) is 0.244. The molecule has 0 aromatic heterocycles. The highest BCUT2D eigenvalue weighted by Crippen LogP contribution is 2.25. The van der Waals surface area contributed by atoms with Gasteiger partial charge in [-0.2, -0.15) is 0 Å². The van der Waals surface area contributed by atoms with Gasteiger partial charge in [0.15, 0.2) is 0 Å². The summed E-state index contributed by atoms with van der Waals surface area (Å²) in [7, 11) is 0. The average Bonchev–Trinajstić information content (AvgIpc) is 2.14. The highest BCUT2D eigenvalue weighted by atomic mass is 35.5. The van der Waals surface area contributed by atoms with Gasteiger partial charge in [0.1, 0.15) is 12.4 Å². The number of halogens is 1. The van der Waals surface area contributed by atoms with E-state index >= 15 is 0 Å². The fourth-order valence-electron chi connectivity index (χ4n) is 1.51. The summed E-state index contributed by atoms with van der Waals surface area (Å²) in [5, 5.41) is 10.3. The zero-order chi connectivity index (χ0) is 12.2. The summed E-state index contributed by atoms with van der Waals surface area (Å²) in [4.78, 5) is 0. The van der Waals surface area contributed by atoms with Gasteiger partial charge in [-0.15, -0.1) is 0 Å². The zero-order valence-corrected chi connectivity index (χ0v) is 10.8. The van der Waals surface area contributed by atoms with E-state index in [9.17, 15) is 5.11 Å². The Morgan fingerprint density at radius 3 is 2.50 bits per heavy atom. The van der Waals surface area contributed by atoms with Crippen LogP contribution in [0.5, 0.6) is 5.75 Å². The summed E-state index contributed by atoms with van der Waals surface area (Å²) >= 11 is 5.93.